The van der Waals surface area contributed by atoms with Crippen LogP contribution in [0.25, 0.3) is 0 Å². The van der Waals surface area contributed by atoms with E-state index < -0.39 is 0 Å². The van der Waals surface area contributed by atoms with Crippen molar-refractivity contribution in [3.05, 3.63) is 35.9 Å². The summed E-state index contributed by atoms with van der Waals surface area (Å²) in [4.78, 5) is 12.0. The molecule has 0 aliphatic heterocycles. The molecule has 0 N–H and O–H groups in total. The van der Waals surface area contributed by atoms with Gasteiger partial charge in [-0.25, -0.2) is 0 Å². The molecule has 0 amide bonds. The fourth-order valence-electron chi connectivity index (χ4n) is 2.91. The van der Waals surface area contributed by atoms with Crippen molar-refractivity contribution < 1.29 is 9.53 Å². The monoisotopic (exact) mass is 304 g/mol. The molecule has 0 bridgehead atoms. The molecule has 0 aliphatic carbocycles. The third kappa shape index (κ3) is 7.63. The molecule has 124 valence electrons. The van der Waals surface area contributed by atoms with Gasteiger partial charge in [0.1, 0.15) is 0 Å². The lowest BCUT2D eigenvalue weighted by molar-refractivity contribution is -0.142. The number of carbonyl (C=O) groups excluding carboxylic acids is 1. The highest BCUT2D eigenvalue weighted by Crippen LogP contribution is 2.24. The molecule has 2 nitrogen and oxygen atoms in total. The molecule has 0 spiro atoms. The second kappa shape index (κ2) is 12.3. The largest absolute Gasteiger partial charge is 0.469 e. The van der Waals surface area contributed by atoms with E-state index in [0.717, 1.165) is 18.4 Å². The topological polar surface area (TPSA) is 26.3 Å². The first-order chi connectivity index (χ1) is 10.8. The Balaban J connectivity index is 2.21. The lowest BCUT2D eigenvalue weighted by Gasteiger charge is -2.14. The van der Waals surface area contributed by atoms with Crippen molar-refractivity contribution in [3.63, 3.8) is 0 Å². The van der Waals surface area contributed by atoms with Crippen molar-refractivity contribution >= 4 is 5.97 Å². The van der Waals surface area contributed by atoms with Gasteiger partial charge in [-0.1, -0.05) is 95.0 Å². The third-order valence-corrected chi connectivity index (χ3v) is 4.28. The molecule has 0 aromatic heterocycles. The first-order valence-electron chi connectivity index (χ1n) is 8.92. The Morgan fingerprint density at radius 3 is 2.00 bits per heavy atom. The Morgan fingerprint density at radius 2 is 1.45 bits per heavy atom. The summed E-state index contributed by atoms with van der Waals surface area (Å²) in [6.45, 7) is 2.25. The van der Waals surface area contributed by atoms with E-state index in [0.29, 0.717) is 0 Å². The number of hydrogen-bond acceptors (Lipinski definition) is 2. The van der Waals surface area contributed by atoms with Gasteiger partial charge in [-0.2, -0.15) is 0 Å². The van der Waals surface area contributed by atoms with E-state index in [9.17, 15) is 4.79 Å². The lowest BCUT2D eigenvalue weighted by Crippen LogP contribution is -2.14. The Morgan fingerprint density at radius 1 is 0.909 bits per heavy atom. The minimum absolute atomic E-state index is 0.101. The van der Waals surface area contributed by atoms with E-state index in [2.05, 4.69) is 6.92 Å². The second-order valence-electron chi connectivity index (χ2n) is 6.10. The predicted molar refractivity (Wildman–Crippen MR) is 93.0 cm³/mol. The van der Waals surface area contributed by atoms with Crippen LogP contribution in [-0.2, 0) is 9.53 Å². The van der Waals surface area contributed by atoms with Crippen LogP contribution in [0.5, 0.6) is 0 Å². The van der Waals surface area contributed by atoms with Crippen LogP contribution in [0.15, 0.2) is 30.3 Å². The molecule has 0 saturated carbocycles. The maximum atomic E-state index is 12.0. The Bertz CT molecular complexity index is 386. The summed E-state index contributed by atoms with van der Waals surface area (Å²) >= 11 is 0. The number of esters is 1. The summed E-state index contributed by atoms with van der Waals surface area (Å²) in [5.74, 6) is -0.207. The average Bonchev–Trinajstić information content (AvgIpc) is 2.57. The zero-order valence-electron chi connectivity index (χ0n) is 14.4. The van der Waals surface area contributed by atoms with Crippen LogP contribution < -0.4 is 0 Å². The van der Waals surface area contributed by atoms with E-state index in [1.165, 1.54) is 58.5 Å². The van der Waals surface area contributed by atoms with Gasteiger partial charge in [-0.3, -0.25) is 4.79 Å². The van der Waals surface area contributed by atoms with Gasteiger partial charge in [0.05, 0.1) is 13.0 Å². The van der Waals surface area contributed by atoms with E-state index in [-0.39, 0.29) is 11.9 Å². The number of benzene rings is 1. The van der Waals surface area contributed by atoms with Crippen molar-refractivity contribution in [2.45, 2.75) is 77.0 Å². The fourth-order valence-corrected chi connectivity index (χ4v) is 2.91. The maximum Gasteiger partial charge on any atom is 0.313 e. The molecule has 1 aromatic rings. The van der Waals surface area contributed by atoms with Crippen LogP contribution in [0.3, 0.4) is 0 Å². The van der Waals surface area contributed by atoms with Gasteiger partial charge in [0, 0.05) is 0 Å². The smallest absolute Gasteiger partial charge is 0.313 e. The van der Waals surface area contributed by atoms with Gasteiger partial charge in [0.15, 0.2) is 0 Å². The molecule has 1 rings (SSSR count). The SMILES string of the molecule is CCCCCCCCCCCC(C(=O)OC)c1ccccc1. The first kappa shape index (κ1) is 18.7. The van der Waals surface area contributed by atoms with Crippen LogP contribution in [0.4, 0.5) is 0 Å². The van der Waals surface area contributed by atoms with E-state index >= 15 is 0 Å². The Kier molecular flexibility index (Phi) is 10.4. The molecule has 0 radical (unpaired) electrons. The van der Waals surface area contributed by atoms with Crippen molar-refractivity contribution in [3.8, 4) is 0 Å². The van der Waals surface area contributed by atoms with Crippen LogP contribution in [-0.4, -0.2) is 13.1 Å². The molecule has 1 unspecified atom stereocenters. The number of hydrogen-bond donors (Lipinski definition) is 0. The quantitative estimate of drug-likeness (QED) is 0.357. The van der Waals surface area contributed by atoms with Gasteiger partial charge in [0.25, 0.3) is 0 Å². The minimum atomic E-state index is -0.106. The molecule has 0 heterocycles. The Hall–Kier alpha value is -1.31. The highest BCUT2D eigenvalue weighted by molar-refractivity contribution is 5.77. The highest BCUT2D eigenvalue weighted by Gasteiger charge is 2.20. The third-order valence-electron chi connectivity index (χ3n) is 4.28. The number of unbranched alkanes of at least 4 members (excludes halogenated alkanes) is 8. The van der Waals surface area contributed by atoms with Crippen LogP contribution in [0, 0.1) is 0 Å². The van der Waals surface area contributed by atoms with Gasteiger partial charge in [-0.05, 0) is 12.0 Å². The number of methoxy groups -OCH3 is 1. The molecule has 1 aromatic carbocycles. The van der Waals surface area contributed by atoms with Crippen molar-refractivity contribution in [2.75, 3.05) is 7.11 Å². The number of carbonyl (C=O) groups is 1. The minimum Gasteiger partial charge on any atom is -0.469 e. The summed E-state index contributed by atoms with van der Waals surface area (Å²) in [5.41, 5.74) is 1.08. The zero-order chi connectivity index (χ0) is 16.0. The van der Waals surface area contributed by atoms with E-state index in [1.54, 1.807) is 0 Å². The normalized spacial score (nSPS) is 12.1. The van der Waals surface area contributed by atoms with Gasteiger partial charge >= 0.3 is 5.97 Å². The predicted octanol–water partition coefficient (Wildman–Crippen LogP) is 5.86. The average molecular weight is 304 g/mol. The molecule has 22 heavy (non-hydrogen) atoms. The van der Waals surface area contributed by atoms with Gasteiger partial charge in [-0.15, -0.1) is 0 Å². The van der Waals surface area contributed by atoms with Crippen molar-refractivity contribution in [1.29, 1.82) is 0 Å². The van der Waals surface area contributed by atoms with Gasteiger partial charge in [0.2, 0.25) is 0 Å². The summed E-state index contributed by atoms with van der Waals surface area (Å²) < 4.78 is 4.96. The number of rotatable bonds is 12. The number of ether oxygens (including phenoxy) is 1. The standard InChI is InChI=1S/C20H32O2/c1-3-4-5-6-7-8-9-10-14-17-19(20(21)22-2)18-15-12-11-13-16-18/h11-13,15-16,19H,3-10,14,17H2,1-2H3. The first-order valence-corrected chi connectivity index (χ1v) is 8.92. The molecule has 0 saturated heterocycles. The van der Waals surface area contributed by atoms with Crippen LogP contribution in [0.1, 0.15) is 82.6 Å². The van der Waals surface area contributed by atoms with Crippen molar-refractivity contribution in [2.24, 2.45) is 0 Å². The Labute approximate surface area is 136 Å². The lowest BCUT2D eigenvalue weighted by atomic mass is 9.93. The van der Waals surface area contributed by atoms with E-state index in [4.69, 9.17) is 4.74 Å². The van der Waals surface area contributed by atoms with Gasteiger partial charge < -0.3 is 4.74 Å². The second-order valence-corrected chi connectivity index (χ2v) is 6.10. The maximum absolute atomic E-state index is 12.0. The molecule has 0 aliphatic rings. The summed E-state index contributed by atoms with van der Waals surface area (Å²) in [5, 5.41) is 0. The molecule has 0 fully saturated rings. The zero-order valence-corrected chi connectivity index (χ0v) is 14.4. The van der Waals surface area contributed by atoms with Crippen LogP contribution in [0.2, 0.25) is 0 Å². The highest BCUT2D eigenvalue weighted by atomic mass is 16.5. The molecule has 1 atom stereocenters. The summed E-state index contributed by atoms with van der Waals surface area (Å²) in [6, 6.07) is 10.0. The summed E-state index contributed by atoms with van der Waals surface area (Å²) in [7, 11) is 1.48. The van der Waals surface area contributed by atoms with E-state index in [1.807, 2.05) is 30.3 Å². The molecule has 2 heteroatoms. The fraction of sp³-hybridized carbons (Fsp3) is 0.650. The molecular formula is C20H32O2. The van der Waals surface area contributed by atoms with Crippen molar-refractivity contribution in [1.82, 2.24) is 0 Å². The summed E-state index contributed by atoms with van der Waals surface area (Å²) in [6.07, 6.45) is 12.6. The van der Waals surface area contributed by atoms with Crippen LogP contribution >= 0.6 is 0 Å². The molecular weight excluding hydrogens is 272 g/mol.